The molecule has 3 aromatic rings. The number of fused-ring (bicyclic) bond motifs is 1. The molecule has 0 radical (unpaired) electrons. The van der Waals surface area contributed by atoms with Crippen molar-refractivity contribution in [3.8, 4) is 23.1 Å². The van der Waals surface area contributed by atoms with E-state index in [0.717, 1.165) is 59.6 Å². The van der Waals surface area contributed by atoms with Gasteiger partial charge in [0.15, 0.2) is 5.82 Å². The fourth-order valence-corrected chi connectivity index (χ4v) is 3.84. The van der Waals surface area contributed by atoms with Gasteiger partial charge in [-0.05, 0) is 37.1 Å². The zero-order valence-electron chi connectivity index (χ0n) is 16.4. The number of amides is 1. The molecule has 5 heteroatoms. The average molecular weight is 382 g/mol. The summed E-state index contributed by atoms with van der Waals surface area (Å²) in [5, 5.41) is 1.10. The molecule has 0 N–H and O–H groups in total. The number of carbonyl (C=O) groups is 1. The minimum atomic E-state index is -0.187. The molecule has 1 amide bonds. The predicted octanol–water partition coefficient (Wildman–Crippen LogP) is 3.34. The Hall–Kier alpha value is -3.39. The number of aromatic nitrogens is 2. The van der Waals surface area contributed by atoms with Crippen molar-refractivity contribution in [2.24, 2.45) is 5.92 Å². The van der Waals surface area contributed by atoms with Crippen LogP contribution in [0.5, 0.6) is 0 Å². The highest BCUT2D eigenvalue weighted by molar-refractivity contribution is 5.90. The van der Waals surface area contributed by atoms with Crippen LogP contribution in [0.1, 0.15) is 18.4 Å². The zero-order valence-corrected chi connectivity index (χ0v) is 16.4. The van der Waals surface area contributed by atoms with Crippen molar-refractivity contribution in [2.75, 3.05) is 31.6 Å². The van der Waals surface area contributed by atoms with Crippen molar-refractivity contribution in [1.82, 2.24) is 14.9 Å². The van der Waals surface area contributed by atoms with Crippen molar-refractivity contribution in [3.63, 3.8) is 0 Å². The third-order valence-corrected chi connectivity index (χ3v) is 5.72. The zero-order chi connectivity index (χ0) is 19.8. The second-order valence-corrected chi connectivity index (χ2v) is 7.69. The van der Waals surface area contributed by atoms with Gasteiger partial charge in [0.05, 0.1) is 5.69 Å². The smallest absolute Gasteiger partial charge is 0.237 e. The van der Waals surface area contributed by atoms with E-state index < -0.39 is 0 Å². The van der Waals surface area contributed by atoms with Crippen molar-refractivity contribution >= 4 is 22.6 Å². The molecule has 2 aliphatic heterocycles. The Labute approximate surface area is 170 Å². The van der Waals surface area contributed by atoms with Gasteiger partial charge in [-0.3, -0.25) is 4.79 Å². The molecular formula is C24H22N4O. The lowest BCUT2D eigenvalue weighted by Crippen LogP contribution is -2.37. The maximum atomic E-state index is 12.1. The highest BCUT2D eigenvalue weighted by Gasteiger charge is 2.27. The normalized spacial score (nSPS) is 18.5. The SMILES string of the molecule is CN1CCC(C#Cc2cccc(-c3ccc4ccnc(N5CCC5)c4n3)c2)C1=O. The van der Waals surface area contributed by atoms with Crippen LogP contribution in [0.15, 0.2) is 48.7 Å². The van der Waals surface area contributed by atoms with Crippen molar-refractivity contribution < 1.29 is 4.79 Å². The molecule has 2 aliphatic rings. The average Bonchev–Trinajstić information content (AvgIpc) is 3.03. The number of anilines is 1. The van der Waals surface area contributed by atoms with Gasteiger partial charge in [-0.1, -0.05) is 30.0 Å². The molecule has 2 aromatic heterocycles. The van der Waals surface area contributed by atoms with E-state index in [0.29, 0.717) is 0 Å². The Balaban J connectivity index is 1.48. The van der Waals surface area contributed by atoms with Crippen LogP contribution in [0, 0.1) is 17.8 Å². The molecule has 5 nitrogen and oxygen atoms in total. The highest BCUT2D eigenvalue weighted by Crippen LogP contribution is 2.29. The molecular weight excluding hydrogens is 360 g/mol. The van der Waals surface area contributed by atoms with Gasteiger partial charge < -0.3 is 9.80 Å². The molecule has 1 unspecified atom stereocenters. The van der Waals surface area contributed by atoms with Gasteiger partial charge in [-0.2, -0.15) is 0 Å². The van der Waals surface area contributed by atoms with E-state index >= 15 is 0 Å². The summed E-state index contributed by atoms with van der Waals surface area (Å²) < 4.78 is 0. The largest absolute Gasteiger partial charge is 0.355 e. The first kappa shape index (κ1) is 17.7. The molecule has 1 aromatic carbocycles. The molecule has 29 heavy (non-hydrogen) atoms. The highest BCUT2D eigenvalue weighted by atomic mass is 16.2. The number of rotatable bonds is 2. The Bertz CT molecular complexity index is 1160. The number of hydrogen-bond acceptors (Lipinski definition) is 4. The summed E-state index contributed by atoms with van der Waals surface area (Å²) in [6.45, 7) is 2.86. The Morgan fingerprint density at radius 2 is 2.00 bits per heavy atom. The molecule has 2 fully saturated rings. The Morgan fingerprint density at radius 1 is 1.10 bits per heavy atom. The fraction of sp³-hybridized carbons (Fsp3) is 0.292. The van der Waals surface area contributed by atoms with Crippen molar-refractivity contribution in [2.45, 2.75) is 12.8 Å². The van der Waals surface area contributed by atoms with Crippen LogP contribution in [0.25, 0.3) is 22.2 Å². The number of likely N-dealkylation sites (tertiary alicyclic amines) is 1. The van der Waals surface area contributed by atoms with Gasteiger partial charge in [0.25, 0.3) is 0 Å². The standard InChI is InChI=1S/C24H22N4O/c1-27-15-11-19(24(27)29)7-6-17-4-2-5-20(16-17)21-9-8-18-10-12-25-23(22(18)26-21)28-13-3-14-28/h2,4-5,8-10,12,16,19H,3,11,13-15H2,1H3. The summed E-state index contributed by atoms with van der Waals surface area (Å²) in [7, 11) is 1.83. The maximum absolute atomic E-state index is 12.1. The fourth-order valence-electron chi connectivity index (χ4n) is 3.84. The predicted molar refractivity (Wildman–Crippen MR) is 114 cm³/mol. The lowest BCUT2D eigenvalue weighted by atomic mass is 10.0. The van der Waals surface area contributed by atoms with Crippen molar-refractivity contribution in [1.29, 1.82) is 0 Å². The lowest BCUT2D eigenvalue weighted by molar-refractivity contribution is -0.128. The second-order valence-electron chi connectivity index (χ2n) is 7.69. The number of nitrogens with zero attached hydrogens (tertiary/aromatic N) is 4. The number of carbonyl (C=O) groups excluding carboxylic acids is 1. The van der Waals surface area contributed by atoms with Gasteiger partial charge in [-0.15, -0.1) is 0 Å². The Morgan fingerprint density at radius 3 is 2.76 bits per heavy atom. The van der Waals surface area contributed by atoms with Gasteiger partial charge in [0.2, 0.25) is 5.91 Å². The quantitative estimate of drug-likeness (QED) is 0.638. The van der Waals surface area contributed by atoms with Gasteiger partial charge in [-0.25, -0.2) is 9.97 Å². The van der Waals surface area contributed by atoms with E-state index in [4.69, 9.17) is 4.98 Å². The van der Waals surface area contributed by atoms with E-state index in [2.05, 4.69) is 27.8 Å². The first-order valence-corrected chi connectivity index (χ1v) is 10.1. The minimum absolute atomic E-state index is 0.121. The minimum Gasteiger partial charge on any atom is -0.355 e. The van der Waals surface area contributed by atoms with Crippen molar-refractivity contribution in [3.05, 3.63) is 54.2 Å². The van der Waals surface area contributed by atoms with E-state index in [1.165, 1.54) is 6.42 Å². The van der Waals surface area contributed by atoms with Gasteiger partial charge >= 0.3 is 0 Å². The van der Waals surface area contributed by atoms with Gasteiger partial charge in [0, 0.05) is 49.4 Å². The van der Waals surface area contributed by atoms with Crippen LogP contribution < -0.4 is 4.90 Å². The summed E-state index contributed by atoms with van der Waals surface area (Å²) in [5.41, 5.74) is 3.78. The molecule has 0 aliphatic carbocycles. The molecule has 1 atom stereocenters. The summed E-state index contributed by atoms with van der Waals surface area (Å²) in [5.74, 6) is 7.24. The van der Waals surface area contributed by atoms with Crippen LogP contribution in [-0.4, -0.2) is 47.5 Å². The molecule has 144 valence electrons. The first-order valence-electron chi connectivity index (χ1n) is 10.1. The summed E-state index contributed by atoms with van der Waals surface area (Å²) in [6.07, 6.45) is 3.87. The molecule has 0 saturated carbocycles. The van der Waals surface area contributed by atoms with E-state index in [1.54, 1.807) is 4.90 Å². The molecule has 0 bridgehead atoms. The number of pyridine rings is 2. The monoisotopic (exact) mass is 382 g/mol. The maximum Gasteiger partial charge on any atom is 0.237 e. The van der Waals surface area contributed by atoms with E-state index in [-0.39, 0.29) is 11.8 Å². The van der Waals surface area contributed by atoms with Crippen LogP contribution in [0.2, 0.25) is 0 Å². The van der Waals surface area contributed by atoms with Crippen LogP contribution >= 0.6 is 0 Å². The lowest BCUT2D eigenvalue weighted by Gasteiger charge is -2.32. The molecule has 4 heterocycles. The third-order valence-electron chi connectivity index (χ3n) is 5.72. The molecule has 2 saturated heterocycles. The number of benzene rings is 1. The van der Waals surface area contributed by atoms with Crippen LogP contribution in [-0.2, 0) is 4.79 Å². The Kier molecular flexibility index (Phi) is 4.40. The molecule has 0 spiro atoms. The summed E-state index contributed by atoms with van der Waals surface area (Å²) >= 11 is 0. The summed E-state index contributed by atoms with van der Waals surface area (Å²) in [6, 6.07) is 14.2. The molecule has 5 rings (SSSR count). The second kappa shape index (κ2) is 7.21. The first-order chi connectivity index (χ1) is 14.2. The van der Waals surface area contributed by atoms with E-state index in [9.17, 15) is 4.79 Å². The third kappa shape index (κ3) is 3.31. The van der Waals surface area contributed by atoms with E-state index in [1.807, 2.05) is 49.6 Å². The summed E-state index contributed by atoms with van der Waals surface area (Å²) in [4.78, 5) is 25.6. The van der Waals surface area contributed by atoms with Crippen LogP contribution in [0.4, 0.5) is 5.82 Å². The van der Waals surface area contributed by atoms with Crippen LogP contribution in [0.3, 0.4) is 0 Å². The van der Waals surface area contributed by atoms with Gasteiger partial charge in [0.1, 0.15) is 11.4 Å². The number of hydrogen-bond donors (Lipinski definition) is 0. The topological polar surface area (TPSA) is 49.3 Å².